The van der Waals surface area contributed by atoms with Crippen molar-refractivity contribution in [1.29, 1.82) is 0 Å². The second-order valence-electron chi connectivity index (χ2n) is 7.85. The van der Waals surface area contributed by atoms with Gasteiger partial charge in [0, 0.05) is 44.8 Å². The summed E-state index contributed by atoms with van der Waals surface area (Å²) in [4.78, 5) is 29.0. The Kier molecular flexibility index (Phi) is 5.50. The third kappa shape index (κ3) is 4.12. The summed E-state index contributed by atoms with van der Waals surface area (Å²) < 4.78 is 24.3. The molecular weight excluding hydrogens is 365 g/mol. The van der Waals surface area contributed by atoms with Crippen LogP contribution >= 0.6 is 0 Å². The van der Waals surface area contributed by atoms with Crippen LogP contribution in [0.25, 0.3) is 0 Å². The van der Waals surface area contributed by atoms with Crippen LogP contribution in [-0.4, -0.2) is 73.8 Å². The van der Waals surface area contributed by atoms with Crippen LogP contribution in [0.1, 0.15) is 19.3 Å². The molecule has 3 aliphatic heterocycles. The molecule has 8 heteroatoms. The van der Waals surface area contributed by atoms with Crippen molar-refractivity contribution in [2.45, 2.75) is 25.4 Å². The van der Waals surface area contributed by atoms with Gasteiger partial charge >= 0.3 is 12.0 Å². The van der Waals surface area contributed by atoms with Crippen LogP contribution in [0, 0.1) is 11.2 Å². The summed E-state index contributed by atoms with van der Waals surface area (Å²) in [7, 11) is 0. The number of piperidine rings is 1. The van der Waals surface area contributed by atoms with Crippen molar-refractivity contribution < 1.29 is 23.5 Å². The lowest BCUT2D eigenvalue weighted by Crippen LogP contribution is -2.46. The van der Waals surface area contributed by atoms with Gasteiger partial charge in [0.1, 0.15) is 11.9 Å². The van der Waals surface area contributed by atoms with Crippen molar-refractivity contribution in [3.8, 4) is 0 Å². The molecule has 3 saturated heterocycles. The number of cyclic esters (lactones) is 1. The Bertz CT molecular complexity index is 730. The number of urea groups is 1. The van der Waals surface area contributed by atoms with E-state index in [0.717, 1.165) is 32.8 Å². The Balaban J connectivity index is 1.30. The molecule has 3 heterocycles. The van der Waals surface area contributed by atoms with Gasteiger partial charge in [0.25, 0.3) is 0 Å². The molecule has 2 amide bonds. The summed E-state index contributed by atoms with van der Waals surface area (Å²) in [6.07, 6.45) is 1.82. The van der Waals surface area contributed by atoms with E-state index in [-0.39, 0.29) is 18.1 Å². The molecule has 0 aromatic heterocycles. The maximum absolute atomic E-state index is 13.3. The van der Waals surface area contributed by atoms with E-state index in [1.54, 1.807) is 17.0 Å². The first-order valence-electron chi connectivity index (χ1n) is 9.87. The van der Waals surface area contributed by atoms with Gasteiger partial charge in [-0.25, -0.2) is 9.18 Å². The number of ether oxygens (including phenoxy) is 2. The molecule has 1 unspecified atom stereocenters. The molecule has 1 N–H and O–H groups in total. The first-order chi connectivity index (χ1) is 13.5. The summed E-state index contributed by atoms with van der Waals surface area (Å²) in [5.41, 5.74) is -0.0526. The van der Waals surface area contributed by atoms with Crippen LogP contribution < -0.4 is 5.32 Å². The van der Waals surface area contributed by atoms with E-state index in [1.165, 1.54) is 12.1 Å². The maximum atomic E-state index is 13.3. The third-order valence-electron chi connectivity index (χ3n) is 5.97. The minimum absolute atomic E-state index is 0.0849. The zero-order chi connectivity index (χ0) is 19.6. The summed E-state index contributed by atoms with van der Waals surface area (Å²) >= 11 is 0. The highest BCUT2D eigenvalue weighted by molar-refractivity contribution is 5.89. The first kappa shape index (κ1) is 19.1. The highest BCUT2D eigenvalue weighted by Gasteiger charge is 2.51. The number of halogens is 1. The Morgan fingerprint density at radius 1 is 1.21 bits per heavy atom. The molecule has 0 bridgehead atoms. The van der Waals surface area contributed by atoms with Gasteiger partial charge in [-0.05, 0) is 31.0 Å². The molecule has 3 aliphatic rings. The number of hydrogen-bond acceptors (Lipinski definition) is 5. The quantitative estimate of drug-likeness (QED) is 0.799. The highest BCUT2D eigenvalue weighted by Crippen LogP contribution is 2.43. The number of rotatable bonds is 3. The van der Waals surface area contributed by atoms with E-state index >= 15 is 0 Å². The normalized spacial score (nSPS) is 25.0. The number of amides is 2. The van der Waals surface area contributed by atoms with Crippen LogP contribution in [-0.2, 0) is 14.3 Å². The number of benzene rings is 1. The van der Waals surface area contributed by atoms with Gasteiger partial charge in [0.05, 0.1) is 18.6 Å². The molecule has 4 rings (SSSR count). The van der Waals surface area contributed by atoms with Crippen molar-refractivity contribution in [2.24, 2.45) is 5.41 Å². The van der Waals surface area contributed by atoms with Gasteiger partial charge in [-0.3, -0.25) is 9.69 Å². The Morgan fingerprint density at radius 3 is 2.68 bits per heavy atom. The molecule has 0 radical (unpaired) electrons. The largest absolute Gasteiger partial charge is 0.461 e. The number of nitrogens with one attached hydrogen (secondary N) is 1. The van der Waals surface area contributed by atoms with Crippen LogP contribution in [0.3, 0.4) is 0 Å². The molecule has 7 nitrogen and oxygen atoms in total. The Labute approximate surface area is 163 Å². The Hall–Kier alpha value is -2.19. The van der Waals surface area contributed by atoms with Crippen LogP contribution in [0.15, 0.2) is 24.3 Å². The topological polar surface area (TPSA) is 71.1 Å². The Morgan fingerprint density at radius 2 is 1.96 bits per heavy atom. The fraction of sp³-hybridized carbons (Fsp3) is 0.600. The number of hydrogen-bond donors (Lipinski definition) is 1. The molecule has 0 saturated carbocycles. The minimum Gasteiger partial charge on any atom is -0.461 e. The molecule has 152 valence electrons. The molecule has 1 aromatic carbocycles. The van der Waals surface area contributed by atoms with Gasteiger partial charge in [0.2, 0.25) is 0 Å². The fourth-order valence-corrected chi connectivity index (χ4v) is 4.33. The van der Waals surface area contributed by atoms with Crippen LogP contribution in [0.5, 0.6) is 0 Å². The number of esters is 1. The summed E-state index contributed by atoms with van der Waals surface area (Å²) in [6, 6.07) is 5.56. The number of likely N-dealkylation sites (tertiary alicyclic amines) is 1. The molecule has 1 atom stereocenters. The molecule has 0 aliphatic carbocycles. The van der Waals surface area contributed by atoms with E-state index in [9.17, 15) is 14.0 Å². The summed E-state index contributed by atoms with van der Waals surface area (Å²) in [5, 5.41) is 2.72. The van der Waals surface area contributed by atoms with E-state index in [0.29, 0.717) is 38.0 Å². The summed E-state index contributed by atoms with van der Waals surface area (Å²) in [6.45, 7) is 4.91. The SMILES string of the molecule is O=C(Nc1cccc(F)c1)N1CCC2(CC1)CC(CN1CCOCC1)OC2=O. The monoisotopic (exact) mass is 391 g/mol. The van der Waals surface area contributed by atoms with E-state index in [2.05, 4.69) is 10.2 Å². The molecule has 28 heavy (non-hydrogen) atoms. The average Bonchev–Trinajstić information content (AvgIpc) is 2.97. The molecule has 3 fully saturated rings. The summed E-state index contributed by atoms with van der Waals surface area (Å²) in [5.74, 6) is -0.522. The molecule has 1 aromatic rings. The number of anilines is 1. The number of carbonyl (C=O) groups is 2. The van der Waals surface area contributed by atoms with Gasteiger partial charge < -0.3 is 19.7 Å². The average molecular weight is 391 g/mol. The van der Waals surface area contributed by atoms with E-state index in [4.69, 9.17) is 9.47 Å². The van der Waals surface area contributed by atoms with Crippen molar-refractivity contribution in [3.05, 3.63) is 30.1 Å². The number of carbonyl (C=O) groups excluding carboxylic acids is 2. The zero-order valence-corrected chi connectivity index (χ0v) is 15.9. The lowest BCUT2D eigenvalue weighted by molar-refractivity contribution is -0.151. The van der Waals surface area contributed by atoms with Gasteiger partial charge in [-0.15, -0.1) is 0 Å². The van der Waals surface area contributed by atoms with E-state index < -0.39 is 11.2 Å². The van der Waals surface area contributed by atoms with Crippen molar-refractivity contribution in [1.82, 2.24) is 9.80 Å². The lowest BCUT2D eigenvalue weighted by atomic mass is 9.76. The molecule has 1 spiro atoms. The second kappa shape index (κ2) is 8.05. The minimum atomic E-state index is -0.480. The van der Waals surface area contributed by atoms with Gasteiger partial charge in [0.15, 0.2) is 0 Å². The maximum Gasteiger partial charge on any atom is 0.321 e. The van der Waals surface area contributed by atoms with Crippen LogP contribution in [0.4, 0.5) is 14.9 Å². The van der Waals surface area contributed by atoms with Crippen molar-refractivity contribution in [3.63, 3.8) is 0 Å². The zero-order valence-electron chi connectivity index (χ0n) is 15.9. The lowest BCUT2D eigenvalue weighted by Gasteiger charge is -2.36. The van der Waals surface area contributed by atoms with E-state index in [1.807, 2.05) is 0 Å². The number of morpholine rings is 1. The smallest absolute Gasteiger partial charge is 0.321 e. The van der Waals surface area contributed by atoms with Gasteiger partial charge in [-0.2, -0.15) is 0 Å². The molecular formula is C20H26FN3O4. The van der Waals surface area contributed by atoms with Crippen molar-refractivity contribution >= 4 is 17.7 Å². The highest BCUT2D eigenvalue weighted by atomic mass is 19.1. The van der Waals surface area contributed by atoms with Gasteiger partial charge in [-0.1, -0.05) is 6.07 Å². The fourth-order valence-electron chi connectivity index (χ4n) is 4.33. The van der Waals surface area contributed by atoms with Crippen molar-refractivity contribution in [2.75, 3.05) is 51.3 Å². The third-order valence-corrected chi connectivity index (χ3v) is 5.97. The first-order valence-corrected chi connectivity index (χ1v) is 9.87. The predicted molar refractivity (Wildman–Crippen MR) is 100 cm³/mol. The number of nitrogens with zero attached hydrogens (tertiary/aromatic N) is 2. The van der Waals surface area contributed by atoms with Crippen LogP contribution in [0.2, 0.25) is 0 Å². The standard InChI is InChI=1S/C20H26FN3O4/c21-15-2-1-3-16(12-15)22-19(26)24-6-4-20(5-7-24)13-17(28-18(20)25)14-23-8-10-27-11-9-23/h1-3,12,17H,4-11,13-14H2,(H,22,26). The second-order valence-corrected chi connectivity index (χ2v) is 7.85. The predicted octanol–water partition coefficient (Wildman–Crippen LogP) is 2.09.